The van der Waals surface area contributed by atoms with Crippen LogP contribution in [0.25, 0.3) is 16.8 Å². The highest BCUT2D eigenvalue weighted by molar-refractivity contribution is 5.75. The Bertz CT molecular complexity index is 929. The number of nitrogens with zero attached hydrogens (tertiary/aromatic N) is 5. The number of likely N-dealkylation sites (N-methyl/N-ethyl adjacent to an activating group) is 1. The number of amides is 1. The summed E-state index contributed by atoms with van der Waals surface area (Å²) in [5.41, 5.74) is 1.64. The van der Waals surface area contributed by atoms with E-state index in [2.05, 4.69) is 15.5 Å². The predicted octanol–water partition coefficient (Wildman–Crippen LogP) is 0.236. The summed E-state index contributed by atoms with van der Waals surface area (Å²) in [6.45, 7) is 1.14. The fourth-order valence-corrected chi connectivity index (χ4v) is 2.41. The molecule has 0 saturated heterocycles. The van der Waals surface area contributed by atoms with Gasteiger partial charge in [-0.2, -0.15) is 10.2 Å². The Morgan fingerprint density at radius 2 is 2.00 bits per heavy atom. The number of hydrogen-bond donors (Lipinski definition) is 1. The smallest absolute Gasteiger partial charge is 0.293 e. The first-order valence-corrected chi connectivity index (χ1v) is 7.97. The summed E-state index contributed by atoms with van der Waals surface area (Å²) in [5.74, 6) is -0.247. The number of benzene rings is 1. The van der Waals surface area contributed by atoms with Crippen molar-refractivity contribution in [2.24, 2.45) is 0 Å². The lowest BCUT2D eigenvalue weighted by atomic mass is 10.1. The molecule has 25 heavy (non-hydrogen) atoms. The van der Waals surface area contributed by atoms with Gasteiger partial charge in [-0.3, -0.25) is 9.59 Å². The third-order valence-electron chi connectivity index (χ3n) is 3.73. The fourth-order valence-electron chi connectivity index (χ4n) is 2.41. The molecule has 8 heteroatoms. The van der Waals surface area contributed by atoms with Crippen LogP contribution in [-0.2, 0) is 11.3 Å². The first-order chi connectivity index (χ1) is 12.0. The molecule has 3 aromatic rings. The molecule has 0 saturated carbocycles. The van der Waals surface area contributed by atoms with Gasteiger partial charge in [-0.1, -0.05) is 30.3 Å². The van der Waals surface area contributed by atoms with Crippen molar-refractivity contribution in [3.05, 3.63) is 53.1 Å². The van der Waals surface area contributed by atoms with E-state index in [0.29, 0.717) is 17.8 Å². The summed E-state index contributed by atoms with van der Waals surface area (Å²) in [6, 6.07) is 11.3. The number of fused-ring (bicyclic) bond motifs is 1. The number of hydrogen-bond acceptors (Lipinski definition) is 5. The normalized spacial score (nSPS) is 11.2. The molecule has 1 N–H and O–H groups in total. The van der Waals surface area contributed by atoms with Gasteiger partial charge < -0.3 is 10.2 Å². The number of carbonyl (C=O) groups excluding carboxylic acids is 1. The molecule has 0 atom stereocenters. The molecule has 2 heterocycles. The summed E-state index contributed by atoms with van der Waals surface area (Å²) >= 11 is 0. The lowest BCUT2D eigenvalue weighted by Gasteiger charge is -2.10. The first-order valence-electron chi connectivity index (χ1n) is 7.97. The third kappa shape index (κ3) is 3.92. The molecule has 0 bridgehead atoms. The Labute approximate surface area is 144 Å². The lowest BCUT2D eigenvalue weighted by molar-refractivity contribution is -0.121. The van der Waals surface area contributed by atoms with Gasteiger partial charge in [0.25, 0.3) is 5.56 Å². The van der Waals surface area contributed by atoms with Gasteiger partial charge in [0.15, 0.2) is 0 Å². The van der Waals surface area contributed by atoms with E-state index in [1.807, 2.05) is 49.3 Å². The van der Waals surface area contributed by atoms with E-state index in [0.717, 1.165) is 16.8 Å². The highest BCUT2D eigenvalue weighted by atomic mass is 16.2. The SMILES string of the molecule is CN(C)CCNC(=O)Cn1ncn2nc(-c3ccccc3)cc2c1=O. The van der Waals surface area contributed by atoms with Crippen LogP contribution in [0.2, 0.25) is 0 Å². The predicted molar refractivity (Wildman–Crippen MR) is 94.2 cm³/mol. The zero-order valence-electron chi connectivity index (χ0n) is 14.2. The van der Waals surface area contributed by atoms with Crippen LogP contribution in [-0.4, -0.2) is 57.4 Å². The van der Waals surface area contributed by atoms with Crippen molar-refractivity contribution in [1.29, 1.82) is 0 Å². The van der Waals surface area contributed by atoms with Crippen LogP contribution < -0.4 is 10.9 Å². The minimum absolute atomic E-state index is 0.116. The fraction of sp³-hybridized carbons (Fsp3) is 0.294. The summed E-state index contributed by atoms with van der Waals surface area (Å²) in [6.07, 6.45) is 1.44. The molecular weight excluding hydrogens is 320 g/mol. The lowest BCUT2D eigenvalue weighted by Crippen LogP contribution is -2.37. The van der Waals surface area contributed by atoms with E-state index >= 15 is 0 Å². The van der Waals surface area contributed by atoms with Gasteiger partial charge in [0.05, 0.1) is 5.69 Å². The Balaban J connectivity index is 1.80. The minimum Gasteiger partial charge on any atom is -0.353 e. The van der Waals surface area contributed by atoms with Crippen molar-refractivity contribution >= 4 is 11.4 Å². The van der Waals surface area contributed by atoms with Crippen LogP contribution in [0.5, 0.6) is 0 Å². The van der Waals surface area contributed by atoms with E-state index in [1.54, 1.807) is 6.07 Å². The Morgan fingerprint density at radius 1 is 1.24 bits per heavy atom. The molecule has 8 nitrogen and oxygen atoms in total. The van der Waals surface area contributed by atoms with Gasteiger partial charge in [-0.15, -0.1) is 0 Å². The van der Waals surface area contributed by atoms with Gasteiger partial charge in [-0.05, 0) is 20.2 Å². The van der Waals surface area contributed by atoms with Crippen molar-refractivity contribution in [3.63, 3.8) is 0 Å². The van der Waals surface area contributed by atoms with Crippen LogP contribution in [0.3, 0.4) is 0 Å². The van der Waals surface area contributed by atoms with Gasteiger partial charge >= 0.3 is 0 Å². The molecule has 1 amide bonds. The van der Waals surface area contributed by atoms with Gasteiger partial charge in [0.1, 0.15) is 18.4 Å². The molecular formula is C17H20N6O2. The highest BCUT2D eigenvalue weighted by Crippen LogP contribution is 2.17. The molecule has 0 aliphatic heterocycles. The molecule has 0 fully saturated rings. The maximum Gasteiger partial charge on any atom is 0.293 e. The molecule has 0 spiro atoms. The van der Waals surface area contributed by atoms with Crippen molar-refractivity contribution in [1.82, 2.24) is 29.6 Å². The Kier molecular flexibility index (Phi) is 4.90. The molecule has 130 valence electrons. The topological polar surface area (TPSA) is 84.5 Å². The molecule has 3 rings (SSSR count). The van der Waals surface area contributed by atoms with Gasteiger partial charge in [-0.25, -0.2) is 9.20 Å². The van der Waals surface area contributed by atoms with Crippen LogP contribution in [0, 0.1) is 0 Å². The molecule has 0 unspecified atom stereocenters. The number of rotatable bonds is 6. The molecule has 1 aromatic carbocycles. The quantitative estimate of drug-likeness (QED) is 0.695. The van der Waals surface area contributed by atoms with E-state index in [9.17, 15) is 9.59 Å². The monoisotopic (exact) mass is 340 g/mol. The van der Waals surface area contributed by atoms with Crippen molar-refractivity contribution in [2.75, 3.05) is 27.2 Å². The van der Waals surface area contributed by atoms with Crippen molar-refractivity contribution in [3.8, 4) is 11.3 Å². The van der Waals surface area contributed by atoms with Crippen LogP contribution >= 0.6 is 0 Å². The van der Waals surface area contributed by atoms with E-state index in [1.165, 1.54) is 10.8 Å². The van der Waals surface area contributed by atoms with Crippen molar-refractivity contribution in [2.45, 2.75) is 6.54 Å². The summed E-state index contributed by atoms with van der Waals surface area (Å²) in [4.78, 5) is 26.5. The van der Waals surface area contributed by atoms with Crippen LogP contribution in [0.4, 0.5) is 0 Å². The van der Waals surface area contributed by atoms with Gasteiger partial charge in [0, 0.05) is 18.7 Å². The Morgan fingerprint density at radius 3 is 2.72 bits per heavy atom. The van der Waals surface area contributed by atoms with E-state index < -0.39 is 0 Å². The standard InChI is InChI=1S/C17H20N6O2/c1-21(2)9-8-18-16(24)11-22-17(25)15-10-14(20-23(15)12-19-22)13-6-4-3-5-7-13/h3-7,10,12H,8-9,11H2,1-2H3,(H,18,24). The number of carbonyl (C=O) groups is 1. The molecule has 2 aromatic heterocycles. The van der Waals surface area contributed by atoms with Crippen molar-refractivity contribution < 1.29 is 4.79 Å². The van der Waals surface area contributed by atoms with Crippen LogP contribution in [0.15, 0.2) is 47.5 Å². The zero-order chi connectivity index (χ0) is 17.8. The first kappa shape index (κ1) is 16.8. The third-order valence-corrected chi connectivity index (χ3v) is 3.73. The minimum atomic E-state index is -0.347. The summed E-state index contributed by atoms with van der Waals surface area (Å²) in [7, 11) is 3.85. The molecule has 0 aliphatic rings. The average Bonchev–Trinajstić information content (AvgIpc) is 3.03. The highest BCUT2D eigenvalue weighted by Gasteiger charge is 2.12. The maximum absolute atomic E-state index is 12.5. The number of aromatic nitrogens is 4. The second kappa shape index (κ2) is 7.27. The molecule has 0 aliphatic carbocycles. The maximum atomic E-state index is 12.5. The zero-order valence-corrected chi connectivity index (χ0v) is 14.2. The molecule has 0 radical (unpaired) electrons. The van der Waals surface area contributed by atoms with E-state index in [-0.39, 0.29) is 18.0 Å². The second-order valence-corrected chi connectivity index (χ2v) is 5.97. The summed E-state index contributed by atoms with van der Waals surface area (Å²) < 4.78 is 2.59. The second-order valence-electron chi connectivity index (χ2n) is 5.97. The Hall–Kier alpha value is -3.00. The largest absolute Gasteiger partial charge is 0.353 e. The average molecular weight is 340 g/mol. The van der Waals surface area contributed by atoms with E-state index in [4.69, 9.17) is 0 Å². The van der Waals surface area contributed by atoms with Gasteiger partial charge in [0.2, 0.25) is 5.91 Å². The summed E-state index contributed by atoms with van der Waals surface area (Å²) in [5, 5.41) is 11.2. The van der Waals surface area contributed by atoms with Crippen LogP contribution in [0.1, 0.15) is 0 Å². The number of nitrogens with one attached hydrogen (secondary N) is 1.